The third-order valence-electron chi connectivity index (χ3n) is 4.73. The second kappa shape index (κ2) is 7.07. The SMILES string of the molecule is Nc1ccc(-c2cn3cccc(OCC(=O)NC4CCCC4)c3n2)cc1. The first-order valence-corrected chi connectivity index (χ1v) is 8.95. The van der Waals surface area contributed by atoms with Gasteiger partial charge in [0, 0.05) is 29.7 Å². The highest BCUT2D eigenvalue weighted by molar-refractivity contribution is 5.78. The van der Waals surface area contributed by atoms with Crippen molar-refractivity contribution in [2.24, 2.45) is 0 Å². The lowest BCUT2D eigenvalue weighted by atomic mass is 10.1. The molecule has 3 N–H and O–H groups in total. The number of aromatic nitrogens is 2. The maximum Gasteiger partial charge on any atom is 0.258 e. The number of hydrogen-bond acceptors (Lipinski definition) is 4. The summed E-state index contributed by atoms with van der Waals surface area (Å²) in [4.78, 5) is 16.8. The van der Waals surface area contributed by atoms with Crippen molar-refractivity contribution in [3.8, 4) is 17.0 Å². The van der Waals surface area contributed by atoms with Crippen LogP contribution in [0.1, 0.15) is 25.7 Å². The molecule has 1 amide bonds. The predicted octanol–water partition coefficient (Wildman–Crippen LogP) is 3.02. The molecule has 0 radical (unpaired) electrons. The van der Waals surface area contributed by atoms with Crippen LogP contribution >= 0.6 is 0 Å². The van der Waals surface area contributed by atoms with Crippen LogP contribution in [0.4, 0.5) is 5.69 Å². The maximum atomic E-state index is 12.1. The number of fused-ring (bicyclic) bond motifs is 1. The molecular formula is C20H22N4O2. The van der Waals surface area contributed by atoms with Crippen molar-refractivity contribution in [2.45, 2.75) is 31.7 Å². The number of nitrogens with zero attached hydrogens (tertiary/aromatic N) is 2. The second-order valence-corrected chi connectivity index (χ2v) is 6.69. The number of nitrogen functional groups attached to an aromatic ring is 1. The summed E-state index contributed by atoms with van der Waals surface area (Å²) in [5, 5.41) is 3.03. The number of anilines is 1. The van der Waals surface area contributed by atoms with Crippen molar-refractivity contribution in [1.82, 2.24) is 14.7 Å². The summed E-state index contributed by atoms with van der Waals surface area (Å²) in [5.41, 5.74) is 8.96. The molecule has 0 aliphatic heterocycles. The quantitative estimate of drug-likeness (QED) is 0.693. The summed E-state index contributed by atoms with van der Waals surface area (Å²) in [6, 6.07) is 11.6. The van der Waals surface area contributed by atoms with E-state index in [0.717, 1.165) is 29.8 Å². The predicted molar refractivity (Wildman–Crippen MR) is 101 cm³/mol. The highest BCUT2D eigenvalue weighted by atomic mass is 16.5. The average molecular weight is 350 g/mol. The Balaban J connectivity index is 1.50. The first-order valence-electron chi connectivity index (χ1n) is 8.95. The van der Waals surface area contributed by atoms with E-state index in [-0.39, 0.29) is 12.5 Å². The Morgan fingerprint density at radius 1 is 1.23 bits per heavy atom. The fraction of sp³-hybridized carbons (Fsp3) is 0.300. The van der Waals surface area contributed by atoms with Gasteiger partial charge in [-0.15, -0.1) is 0 Å². The maximum absolute atomic E-state index is 12.1. The summed E-state index contributed by atoms with van der Waals surface area (Å²) in [7, 11) is 0. The molecule has 26 heavy (non-hydrogen) atoms. The normalized spacial score (nSPS) is 14.6. The van der Waals surface area contributed by atoms with Crippen molar-refractivity contribution in [2.75, 3.05) is 12.3 Å². The zero-order valence-corrected chi connectivity index (χ0v) is 14.5. The smallest absolute Gasteiger partial charge is 0.258 e. The topological polar surface area (TPSA) is 81.6 Å². The molecule has 0 bridgehead atoms. The van der Waals surface area contributed by atoms with Crippen molar-refractivity contribution in [3.05, 3.63) is 48.8 Å². The van der Waals surface area contributed by atoms with Crippen LogP contribution < -0.4 is 15.8 Å². The fourth-order valence-electron chi connectivity index (χ4n) is 3.38. The molecule has 0 saturated heterocycles. The summed E-state index contributed by atoms with van der Waals surface area (Å²) in [6.07, 6.45) is 8.35. The van der Waals surface area contributed by atoms with Crippen LogP contribution in [0.15, 0.2) is 48.8 Å². The third kappa shape index (κ3) is 3.49. The summed E-state index contributed by atoms with van der Waals surface area (Å²) < 4.78 is 7.64. The van der Waals surface area contributed by atoms with Crippen molar-refractivity contribution in [1.29, 1.82) is 0 Å². The Labute approximate surface area is 152 Å². The number of benzene rings is 1. The van der Waals surface area contributed by atoms with Crippen LogP contribution in [0.2, 0.25) is 0 Å². The van der Waals surface area contributed by atoms with Gasteiger partial charge in [0.25, 0.3) is 5.91 Å². The first kappa shape index (κ1) is 16.4. The molecule has 0 atom stereocenters. The summed E-state index contributed by atoms with van der Waals surface area (Å²) in [5.74, 6) is 0.514. The van der Waals surface area contributed by atoms with Gasteiger partial charge in [0.1, 0.15) is 0 Å². The lowest BCUT2D eigenvalue weighted by Crippen LogP contribution is -2.36. The van der Waals surface area contributed by atoms with Crippen molar-refractivity contribution in [3.63, 3.8) is 0 Å². The number of amides is 1. The Bertz CT molecular complexity index is 911. The number of ether oxygens (including phenoxy) is 1. The van der Waals surface area contributed by atoms with Crippen LogP contribution in [-0.4, -0.2) is 27.9 Å². The fourth-order valence-corrected chi connectivity index (χ4v) is 3.38. The number of imidazole rings is 1. The average Bonchev–Trinajstić information content (AvgIpc) is 3.30. The van der Waals surface area contributed by atoms with Crippen LogP contribution in [0.25, 0.3) is 16.9 Å². The van der Waals surface area contributed by atoms with Gasteiger partial charge in [-0.2, -0.15) is 0 Å². The Kier molecular flexibility index (Phi) is 4.48. The van der Waals surface area contributed by atoms with E-state index in [1.165, 1.54) is 12.8 Å². The zero-order valence-electron chi connectivity index (χ0n) is 14.5. The highest BCUT2D eigenvalue weighted by Gasteiger charge is 2.17. The lowest BCUT2D eigenvalue weighted by Gasteiger charge is -2.12. The Morgan fingerprint density at radius 3 is 2.77 bits per heavy atom. The van der Waals surface area contributed by atoms with Crippen LogP contribution in [0, 0.1) is 0 Å². The molecule has 134 valence electrons. The van der Waals surface area contributed by atoms with Crippen LogP contribution in [-0.2, 0) is 4.79 Å². The van der Waals surface area contributed by atoms with Gasteiger partial charge in [0.2, 0.25) is 0 Å². The van der Waals surface area contributed by atoms with E-state index in [4.69, 9.17) is 10.5 Å². The van der Waals surface area contributed by atoms with Crippen molar-refractivity contribution < 1.29 is 9.53 Å². The van der Waals surface area contributed by atoms with Gasteiger partial charge in [-0.3, -0.25) is 4.79 Å². The summed E-state index contributed by atoms with van der Waals surface area (Å²) >= 11 is 0. The van der Waals surface area contributed by atoms with Gasteiger partial charge in [0.15, 0.2) is 18.0 Å². The van der Waals surface area contributed by atoms with Crippen LogP contribution in [0.3, 0.4) is 0 Å². The van der Waals surface area contributed by atoms with E-state index >= 15 is 0 Å². The number of pyridine rings is 1. The minimum atomic E-state index is -0.0794. The number of carbonyl (C=O) groups is 1. The molecule has 1 aliphatic rings. The Morgan fingerprint density at radius 2 is 2.00 bits per heavy atom. The van der Waals surface area contributed by atoms with E-state index < -0.39 is 0 Å². The number of rotatable bonds is 5. The molecule has 2 aromatic heterocycles. The van der Waals surface area contributed by atoms with Crippen LogP contribution in [0.5, 0.6) is 5.75 Å². The van der Waals surface area contributed by atoms with E-state index in [2.05, 4.69) is 10.3 Å². The molecule has 1 aromatic carbocycles. The Hall–Kier alpha value is -3.02. The molecule has 6 heteroatoms. The first-order chi connectivity index (χ1) is 12.7. The number of nitrogens with one attached hydrogen (secondary N) is 1. The van der Waals surface area contributed by atoms with Gasteiger partial charge in [-0.25, -0.2) is 4.98 Å². The largest absolute Gasteiger partial charge is 0.480 e. The molecule has 0 spiro atoms. The van der Waals surface area contributed by atoms with Gasteiger partial charge < -0.3 is 20.2 Å². The molecule has 2 heterocycles. The number of carbonyl (C=O) groups excluding carboxylic acids is 1. The number of hydrogen-bond donors (Lipinski definition) is 2. The molecular weight excluding hydrogens is 328 g/mol. The standard InChI is InChI=1S/C20H22N4O2/c21-15-9-7-14(8-10-15)17-12-24-11-3-6-18(20(24)23-17)26-13-19(25)22-16-4-1-2-5-16/h3,6-12,16H,1-2,4-5,13,21H2,(H,22,25). The lowest BCUT2D eigenvalue weighted by molar-refractivity contribution is -0.123. The molecule has 3 aromatic rings. The van der Waals surface area contributed by atoms with Gasteiger partial charge in [-0.1, -0.05) is 25.0 Å². The number of nitrogens with two attached hydrogens (primary N) is 1. The summed E-state index contributed by atoms with van der Waals surface area (Å²) in [6.45, 7) is 0.000235. The van der Waals surface area contributed by atoms with Gasteiger partial charge in [0.05, 0.1) is 5.69 Å². The molecule has 1 aliphatic carbocycles. The molecule has 1 saturated carbocycles. The molecule has 4 rings (SSSR count). The molecule has 6 nitrogen and oxygen atoms in total. The minimum Gasteiger partial charge on any atom is -0.480 e. The minimum absolute atomic E-state index is 0.000235. The highest BCUT2D eigenvalue weighted by Crippen LogP contribution is 2.25. The monoisotopic (exact) mass is 350 g/mol. The molecule has 0 unspecified atom stereocenters. The van der Waals surface area contributed by atoms with Crippen molar-refractivity contribution >= 4 is 17.2 Å². The van der Waals surface area contributed by atoms with E-state index in [1.54, 1.807) is 0 Å². The van der Waals surface area contributed by atoms with E-state index in [9.17, 15) is 4.79 Å². The molecule has 1 fully saturated rings. The second-order valence-electron chi connectivity index (χ2n) is 6.69. The van der Waals surface area contributed by atoms with E-state index in [0.29, 0.717) is 17.4 Å². The zero-order chi connectivity index (χ0) is 17.9. The van der Waals surface area contributed by atoms with Gasteiger partial charge >= 0.3 is 0 Å². The van der Waals surface area contributed by atoms with E-state index in [1.807, 2.05) is 53.2 Å². The third-order valence-corrected chi connectivity index (χ3v) is 4.73. The van der Waals surface area contributed by atoms with Gasteiger partial charge in [-0.05, 0) is 37.1 Å².